The normalized spacial score (nSPS) is 12.9. The van der Waals surface area contributed by atoms with Crippen LogP contribution in [0.3, 0.4) is 0 Å². The highest BCUT2D eigenvalue weighted by Crippen LogP contribution is 2.20. The molecule has 0 fully saturated rings. The number of aliphatic hydroxyl groups excluding tert-OH is 1. The second-order valence-corrected chi connectivity index (χ2v) is 4.26. The van der Waals surface area contributed by atoms with Crippen LogP contribution in [-0.4, -0.2) is 30.5 Å². The molecule has 9 heteroatoms. The van der Waals surface area contributed by atoms with Crippen LogP contribution in [-0.2, 0) is 0 Å². The Kier molecular flexibility index (Phi) is 5.58. The minimum Gasteiger partial charge on any atom is -0.394 e. The van der Waals surface area contributed by atoms with Gasteiger partial charge < -0.3 is 15.7 Å². The van der Waals surface area contributed by atoms with Gasteiger partial charge in [0.1, 0.15) is 12.4 Å². The second-order valence-electron chi connectivity index (χ2n) is 3.85. The maximum Gasteiger partial charge on any atom is 0.405 e. The number of hydrogen-bond acceptors (Lipinski definition) is 2. The Hall–Kier alpha value is -1.54. The molecule has 1 unspecified atom stereocenters. The van der Waals surface area contributed by atoms with Crippen LogP contribution in [0.1, 0.15) is 11.6 Å². The SMILES string of the molecule is O=C(NCC(F)(F)F)NC(CO)c1ccc(Cl)c(F)c1. The van der Waals surface area contributed by atoms with Gasteiger partial charge in [0.25, 0.3) is 0 Å². The average Bonchev–Trinajstić information content (AvgIpc) is 2.36. The van der Waals surface area contributed by atoms with E-state index in [1.165, 1.54) is 12.1 Å². The van der Waals surface area contributed by atoms with Crippen LogP contribution < -0.4 is 10.6 Å². The Morgan fingerprint density at radius 3 is 2.55 bits per heavy atom. The Morgan fingerprint density at radius 1 is 1.40 bits per heavy atom. The van der Waals surface area contributed by atoms with Crippen molar-refractivity contribution < 1.29 is 27.5 Å². The van der Waals surface area contributed by atoms with Gasteiger partial charge in [0, 0.05) is 0 Å². The molecule has 4 nitrogen and oxygen atoms in total. The highest BCUT2D eigenvalue weighted by Gasteiger charge is 2.28. The Labute approximate surface area is 116 Å². The minimum atomic E-state index is -4.54. The third-order valence-corrected chi connectivity index (χ3v) is 2.59. The number of carbonyl (C=O) groups excluding carboxylic acids is 1. The van der Waals surface area contributed by atoms with E-state index in [0.29, 0.717) is 0 Å². The third kappa shape index (κ3) is 5.22. The molecule has 1 aromatic rings. The number of hydrogen-bond donors (Lipinski definition) is 3. The van der Waals surface area contributed by atoms with Gasteiger partial charge in [0.2, 0.25) is 0 Å². The molecule has 0 radical (unpaired) electrons. The van der Waals surface area contributed by atoms with E-state index < -0.39 is 37.2 Å². The van der Waals surface area contributed by atoms with Gasteiger partial charge in [-0.1, -0.05) is 17.7 Å². The quantitative estimate of drug-likeness (QED) is 0.747. The molecule has 0 aliphatic rings. The number of aliphatic hydroxyl groups is 1. The van der Waals surface area contributed by atoms with Gasteiger partial charge in [0.15, 0.2) is 0 Å². The molecular weight excluding hydrogens is 304 g/mol. The standard InChI is InChI=1S/C11H11ClF4N2O2/c12-7-2-1-6(3-8(7)13)9(4-19)18-10(20)17-5-11(14,15)16/h1-3,9,19H,4-5H2,(H2,17,18,20). The molecule has 0 saturated carbocycles. The summed E-state index contributed by atoms with van der Waals surface area (Å²) in [4.78, 5) is 11.2. The molecule has 0 aromatic heterocycles. The lowest BCUT2D eigenvalue weighted by Crippen LogP contribution is -2.43. The van der Waals surface area contributed by atoms with Gasteiger partial charge in [-0.2, -0.15) is 13.2 Å². The predicted octanol–water partition coefficient (Wildman–Crippen LogP) is 2.37. The molecular formula is C11H11ClF4N2O2. The highest BCUT2D eigenvalue weighted by atomic mass is 35.5. The van der Waals surface area contributed by atoms with Crippen molar-refractivity contribution >= 4 is 17.6 Å². The van der Waals surface area contributed by atoms with Crippen LogP contribution in [0.5, 0.6) is 0 Å². The lowest BCUT2D eigenvalue weighted by molar-refractivity contribution is -0.122. The molecule has 0 saturated heterocycles. The summed E-state index contributed by atoms with van der Waals surface area (Å²) in [6.45, 7) is -2.12. The van der Waals surface area contributed by atoms with Gasteiger partial charge in [-0.25, -0.2) is 9.18 Å². The van der Waals surface area contributed by atoms with Gasteiger partial charge in [-0.3, -0.25) is 0 Å². The third-order valence-electron chi connectivity index (χ3n) is 2.28. The van der Waals surface area contributed by atoms with Crippen molar-refractivity contribution in [1.82, 2.24) is 10.6 Å². The number of benzene rings is 1. The molecule has 0 bridgehead atoms. The number of alkyl halides is 3. The van der Waals surface area contributed by atoms with E-state index in [9.17, 15) is 22.4 Å². The van der Waals surface area contributed by atoms with E-state index >= 15 is 0 Å². The summed E-state index contributed by atoms with van der Waals surface area (Å²) in [5.74, 6) is -0.764. The summed E-state index contributed by atoms with van der Waals surface area (Å²) < 4.78 is 48.9. The van der Waals surface area contributed by atoms with Crippen molar-refractivity contribution in [3.8, 4) is 0 Å². The van der Waals surface area contributed by atoms with E-state index in [-0.39, 0.29) is 10.6 Å². The smallest absolute Gasteiger partial charge is 0.394 e. The van der Waals surface area contributed by atoms with Crippen molar-refractivity contribution in [2.45, 2.75) is 12.2 Å². The fraction of sp³-hybridized carbons (Fsp3) is 0.364. The fourth-order valence-electron chi connectivity index (χ4n) is 1.35. The molecule has 1 rings (SSSR count). The Balaban J connectivity index is 2.67. The number of urea groups is 1. The summed E-state index contributed by atoms with van der Waals surface area (Å²) in [5.41, 5.74) is 0.177. The van der Waals surface area contributed by atoms with Gasteiger partial charge in [0.05, 0.1) is 17.7 Å². The first-order valence-corrected chi connectivity index (χ1v) is 5.77. The van der Waals surface area contributed by atoms with Crippen molar-refractivity contribution in [2.24, 2.45) is 0 Å². The van der Waals surface area contributed by atoms with Gasteiger partial charge in [-0.15, -0.1) is 0 Å². The zero-order valence-electron chi connectivity index (χ0n) is 9.97. The zero-order valence-corrected chi connectivity index (χ0v) is 10.7. The van der Waals surface area contributed by atoms with Crippen LogP contribution in [0, 0.1) is 5.82 Å². The van der Waals surface area contributed by atoms with E-state index in [2.05, 4.69) is 5.32 Å². The van der Waals surface area contributed by atoms with E-state index in [4.69, 9.17) is 16.7 Å². The van der Waals surface area contributed by atoms with Crippen LogP contribution in [0.4, 0.5) is 22.4 Å². The number of carbonyl (C=O) groups is 1. The lowest BCUT2D eigenvalue weighted by atomic mass is 10.1. The highest BCUT2D eigenvalue weighted by molar-refractivity contribution is 6.30. The van der Waals surface area contributed by atoms with Crippen molar-refractivity contribution in [3.63, 3.8) is 0 Å². The summed E-state index contributed by atoms with van der Waals surface area (Å²) in [5, 5.41) is 12.6. The topological polar surface area (TPSA) is 61.4 Å². The number of rotatable bonds is 4. The fourth-order valence-corrected chi connectivity index (χ4v) is 1.47. The Bertz CT molecular complexity index is 482. The maximum absolute atomic E-state index is 13.2. The van der Waals surface area contributed by atoms with Crippen LogP contribution in [0.25, 0.3) is 0 Å². The van der Waals surface area contributed by atoms with Gasteiger partial charge in [-0.05, 0) is 17.7 Å². The molecule has 0 aliphatic carbocycles. The first kappa shape index (κ1) is 16.5. The monoisotopic (exact) mass is 314 g/mol. The van der Waals surface area contributed by atoms with Crippen molar-refractivity contribution in [3.05, 3.63) is 34.6 Å². The summed E-state index contributed by atoms with van der Waals surface area (Å²) in [7, 11) is 0. The van der Waals surface area contributed by atoms with Crippen LogP contribution in [0.15, 0.2) is 18.2 Å². The predicted molar refractivity (Wildman–Crippen MR) is 63.8 cm³/mol. The van der Waals surface area contributed by atoms with E-state index in [1.54, 1.807) is 5.32 Å². The number of amides is 2. The molecule has 112 valence electrons. The van der Waals surface area contributed by atoms with Crippen molar-refractivity contribution in [1.29, 1.82) is 0 Å². The Morgan fingerprint density at radius 2 is 2.05 bits per heavy atom. The first-order chi connectivity index (χ1) is 9.23. The summed E-state index contributed by atoms with van der Waals surface area (Å²) in [6, 6.07) is 1.36. The van der Waals surface area contributed by atoms with Crippen LogP contribution in [0.2, 0.25) is 5.02 Å². The molecule has 0 heterocycles. The van der Waals surface area contributed by atoms with E-state index in [1.807, 2.05) is 0 Å². The van der Waals surface area contributed by atoms with Crippen LogP contribution >= 0.6 is 11.6 Å². The summed E-state index contributed by atoms with van der Waals surface area (Å²) in [6.07, 6.45) is -4.54. The second kappa shape index (κ2) is 6.76. The molecule has 0 aliphatic heterocycles. The number of halogens is 5. The average molecular weight is 315 g/mol. The molecule has 2 amide bonds. The lowest BCUT2D eigenvalue weighted by Gasteiger charge is -2.18. The molecule has 3 N–H and O–H groups in total. The van der Waals surface area contributed by atoms with Crippen molar-refractivity contribution in [2.75, 3.05) is 13.2 Å². The largest absolute Gasteiger partial charge is 0.405 e. The zero-order chi connectivity index (χ0) is 15.3. The van der Waals surface area contributed by atoms with Gasteiger partial charge >= 0.3 is 12.2 Å². The molecule has 20 heavy (non-hydrogen) atoms. The summed E-state index contributed by atoms with van der Waals surface area (Å²) >= 11 is 5.47. The minimum absolute atomic E-state index is 0.146. The first-order valence-electron chi connectivity index (χ1n) is 5.40. The van der Waals surface area contributed by atoms with E-state index in [0.717, 1.165) is 6.07 Å². The maximum atomic E-state index is 13.2. The molecule has 1 aromatic carbocycles. The molecule has 1 atom stereocenters. The number of nitrogens with one attached hydrogen (secondary N) is 2. The molecule has 0 spiro atoms.